The third-order valence-corrected chi connectivity index (χ3v) is 3.28. The Morgan fingerprint density at radius 2 is 2.00 bits per heavy atom. The van der Waals surface area contributed by atoms with Crippen molar-refractivity contribution in [1.82, 2.24) is 14.8 Å². The van der Waals surface area contributed by atoms with Crippen molar-refractivity contribution in [1.29, 1.82) is 0 Å². The number of aromatic nitrogens is 3. The Hall–Kier alpha value is -2.86. The monoisotopic (exact) mass is 310 g/mol. The van der Waals surface area contributed by atoms with Crippen molar-refractivity contribution in [3.8, 4) is 11.6 Å². The Kier molecular flexibility index (Phi) is 4.85. The van der Waals surface area contributed by atoms with Crippen LogP contribution in [0.2, 0.25) is 0 Å². The van der Waals surface area contributed by atoms with E-state index in [0.29, 0.717) is 12.4 Å². The highest BCUT2D eigenvalue weighted by Crippen LogP contribution is 2.14. The van der Waals surface area contributed by atoms with Crippen molar-refractivity contribution < 1.29 is 9.84 Å². The summed E-state index contributed by atoms with van der Waals surface area (Å²) in [5.74, 6) is 0.508. The standard InChI is InChI=1S/C17H18N4O2/c22-10-11-23-17-7-4-15(13-19-17)18-12-14-2-5-16(6-3-14)21-9-1-8-20-21/h1-9,13,18,22H,10-12H2. The number of hydrogen-bond acceptors (Lipinski definition) is 5. The third kappa shape index (κ3) is 4.08. The van der Waals surface area contributed by atoms with Gasteiger partial charge in [0.05, 0.1) is 24.2 Å². The molecule has 0 aliphatic rings. The van der Waals surface area contributed by atoms with Gasteiger partial charge in [-0.1, -0.05) is 12.1 Å². The van der Waals surface area contributed by atoms with Crippen molar-refractivity contribution in [2.75, 3.05) is 18.5 Å². The van der Waals surface area contributed by atoms with Crippen LogP contribution in [0.1, 0.15) is 5.56 Å². The first-order valence-corrected chi connectivity index (χ1v) is 7.38. The number of ether oxygens (including phenoxy) is 1. The van der Waals surface area contributed by atoms with E-state index in [1.165, 1.54) is 5.56 Å². The second kappa shape index (κ2) is 7.42. The number of anilines is 1. The number of rotatable bonds is 7. The molecule has 2 heterocycles. The fourth-order valence-electron chi connectivity index (χ4n) is 2.11. The largest absolute Gasteiger partial charge is 0.475 e. The second-order valence-electron chi connectivity index (χ2n) is 4.93. The van der Waals surface area contributed by atoms with Gasteiger partial charge in [-0.15, -0.1) is 0 Å². The number of aliphatic hydroxyl groups excluding tert-OH is 1. The van der Waals surface area contributed by atoms with Crippen LogP contribution in [-0.4, -0.2) is 33.1 Å². The summed E-state index contributed by atoms with van der Waals surface area (Å²) in [6, 6.07) is 13.8. The van der Waals surface area contributed by atoms with E-state index in [2.05, 4.69) is 27.5 Å². The molecule has 0 fully saturated rings. The molecule has 2 aromatic heterocycles. The Morgan fingerprint density at radius 1 is 1.13 bits per heavy atom. The van der Waals surface area contributed by atoms with E-state index < -0.39 is 0 Å². The minimum absolute atomic E-state index is 0.0177. The van der Waals surface area contributed by atoms with Gasteiger partial charge in [0.15, 0.2) is 0 Å². The Bertz CT molecular complexity index is 709. The van der Waals surface area contributed by atoms with Crippen LogP contribution < -0.4 is 10.1 Å². The number of benzene rings is 1. The molecule has 0 aliphatic heterocycles. The van der Waals surface area contributed by atoms with Gasteiger partial charge in [0.25, 0.3) is 0 Å². The Balaban J connectivity index is 1.55. The van der Waals surface area contributed by atoms with Gasteiger partial charge >= 0.3 is 0 Å². The zero-order valence-electron chi connectivity index (χ0n) is 12.6. The molecule has 0 unspecified atom stereocenters. The van der Waals surface area contributed by atoms with Crippen LogP contribution >= 0.6 is 0 Å². The maximum absolute atomic E-state index is 8.70. The van der Waals surface area contributed by atoms with Crippen molar-refractivity contribution in [3.63, 3.8) is 0 Å². The fraction of sp³-hybridized carbons (Fsp3) is 0.176. The lowest BCUT2D eigenvalue weighted by Gasteiger charge is -2.08. The molecular formula is C17H18N4O2. The molecule has 0 atom stereocenters. The molecule has 6 nitrogen and oxygen atoms in total. The van der Waals surface area contributed by atoms with Gasteiger partial charge in [-0.05, 0) is 29.8 Å². The molecule has 0 amide bonds. The van der Waals surface area contributed by atoms with E-state index in [9.17, 15) is 0 Å². The Morgan fingerprint density at radius 3 is 2.65 bits per heavy atom. The summed E-state index contributed by atoms with van der Waals surface area (Å²) in [6.07, 6.45) is 5.39. The van der Waals surface area contributed by atoms with Gasteiger partial charge in [-0.3, -0.25) is 0 Å². The molecule has 3 aromatic rings. The van der Waals surface area contributed by atoms with Gasteiger partial charge in [0.1, 0.15) is 6.61 Å². The van der Waals surface area contributed by atoms with Gasteiger partial charge in [-0.2, -0.15) is 5.10 Å². The van der Waals surface area contributed by atoms with Crippen LogP contribution in [0.5, 0.6) is 5.88 Å². The normalized spacial score (nSPS) is 10.5. The number of nitrogens with one attached hydrogen (secondary N) is 1. The van der Waals surface area contributed by atoms with Crippen molar-refractivity contribution >= 4 is 5.69 Å². The fourth-order valence-corrected chi connectivity index (χ4v) is 2.11. The van der Waals surface area contributed by atoms with Crippen LogP contribution in [0.25, 0.3) is 5.69 Å². The maximum Gasteiger partial charge on any atom is 0.213 e. The summed E-state index contributed by atoms with van der Waals surface area (Å²) in [5.41, 5.74) is 3.12. The molecule has 0 aliphatic carbocycles. The van der Waals surface area contributed by atoms with Crippen molar-refractivity contribution in [3.05, 3.63) is 66.6 Å². The molecular weight excluding hydrogens is 292 g/mol. The lowest BCUT2D eigenvalue weighted by atomic mass is 10.2. The molecule has 1 aromatic carbocycles. The number of hydrogen-bond donors (Lipinski definition) is 2. The van der Waals surface area contributed by atoms with E-state index in [1.807, 2.05) is 35.1 Å². The number of pyridine rings is 1. The molecule has 6 heteroatoms. The minimum Gasteiger partial charge on any atom is -0.475 e. The van der Waals surface area contributed by atoms with Gasteiger partial charge in [0.2, 0.25) is 5.88 Å². The highest BCUT2D eigenvalue weighted by Gasteiger charge is 1.99. The molecule has 23 heavy (non-hydrogen) atoms. The van der Waals surface area contributed by atoms with Crippen LogP contribution in [0.15, 0.2) is 61.1 Å². The van der Waals surface area contributed by atoms with Crippen LogP contribution in [0.3, 0.4) is 0 Å². The molecule has 0 saturated carbocycles. The summed E-state index contributed by atoms with van der Waals surface area (Å²) in [6.45, 7) is 0.941. The summed E-state index contributed by atoms with van der Waals surface area (Å²) in [4.78, 5) is 4.17. The molecule has 0 spiro atoms. The summed E-state index contributed by atoms with van der Waals surface area (Å²) in [7, 11) is 0. The smallest absolute Gasteiger partial charge is 0.213 e. The second-order valence-corrected chi connectivity index (χ2v) is 4.93. The summed E-state index contributed by atoms with van der Waals surface area (Å²) in [5, 5.41) is 16.2. The molecule has 0 bridgehead atoms. The average Bonchev–Trinajstić information content (AvgIpc) is 3.14. The van der Waals surface area contributed by atoms with E-state index in [-0.39, 0.29) is 13.2 Å². The molecule has 3 rings (SSSR count). The first-order chi connectivity index (χ1) is 11.3. The van der Waals surface area contributed by atoms with E-state index in [1.54, 1.807) is 18.5 Å². The molecule has 118 valence electrons. The van der Waals surface area contributed by atoms with Gasteiger partial charge in [0, 0.05) is 25.0 Å². The van der Waals surface area contributed by atoms with E-state index >= 15 is 0 Å². The molecule has 2 N–H and O–H groups in total. The van der Waals surface area contributed by atoms with Crippen LogP contribution in [-0.2, 0) is 6.54 Å². The zero-order valence-corrected chi connectivity index (χ0v) is 12.6. The lowest BCUT2D eigenvalue weighted by Crippen LogP contribution is -2.04. The quantitative estimate of drug-likeness (QED) is 0.700. The van der Waals surface area contributed by atoms with E-state index in [4.69, 9.17) is 9.84 Å². The van der Waals surface area contributed by atoms with Crippen LogP contribution in [0.4, 0.5) is 5.69 Å². The highest BCUT2D eigenvalue weighted by atomic mass is 16.5. The zero-order chi connectivity index (χ0) is 15.9. The topological polar surface area (TPSA) is 72.2 Å². The summed E-state index contributed by atoms with van der Waals surface area (Å²) >= 11 is 0. The SMILES string of the molecule is OCCOc1ccc(NCc2ccc(-n3cccn3)cc2)cn1. The predicted molar refractivity (Wildman–Crippen MR) is 87.7 cm³/mol. The minimum atomic E-state index is -0.0177. The van der Waals surface area contributed by atoms with Gasteiger partial charge < -0.3 is 15.2 Å². The predicted octanol–water partition coefficient (Wildman–Crippen LogP) is 2.25. The highest BCUT2D eigenvalue weighted by molar-refractivity contribution is 5.43. The van der Waals surface area contributed by atoms with Crippen LogP contribution in [0, 0.1) is 0 Å². The van der Waals surface area contributed by atoms with Gasteiger partial charge in [-0.25, -0.2) is 9.67 Å². The average molecular weight is 310 g/mol. The first-order valence-electron chi connectivity index (χ1n) is 7.38. The number of nitrogens with zero attached hydrogens (tertiary/aromatic N) is 3. The summed E-state index contributed by atoms with van der Waals surface area (Å²) < 4.78 is 7.05. The molecule has 0 saturated heterocycles. The van der Waals surface area contributed by atoms with Crippen molar-refractivity contribution in [2.45, 2.75) is 6.54 Å². The first kappa shape index (κ1) is 15.1. The van der Waals surface area contributed by atoms with E-state index in [0.717, 1.165) is 11.4 Å². The third-order valence-electron chi connectivity index (χ3n) is 3.28. The Labute approximate surface area is 134 Å². The lowest BCUT2D eigenvalue weighted by molar-refractivity contribution is 0.196. The number of aliphatic hydroxyl groups is 1. The molecule has 0 radical (unpaired) electrons. The maximum atomic E-state index is 8.70. The van der Waals surface area contributed by atoms with Crippen molar-refractivity contribution in [2.24, 2.45) is 0 Å².